The zero-order valence-corrected chi connectivity index (χ0v) is 19.5. The predicted octanol–water partition coefficient (Wildman–Crippen LogP) is 7.57. The minimum Gasteiger partial charge on any atom is -0.326 e. The summed E-state index contributed by atoms with van der Waals surface area (Å²) >= 11 is 0. The first-order valence-electron chi connectivity index (χ1n) is 11.9. The number of benzene rings is 3. The number of carbonyl (C=O) groups is 1. The molecule has 33 heavy (non-hydrogen) atoms. The lowest BCUT2D eigenvalue weighted by molar-refractivity contribution is -0.116. The van der Waals surface area contributed by atoms with E-state index in [4.69, 9.17) is 9.97 Å². The minimum atomic E-state index is 0.0775. The van der Waals surface area contributed by atoms with E-state index in [-0.39, 0.29) is 5.91 Å². The fourth-order valence-corrected chi connectivity index (χ4v) is 4.00. The summed E-state index contributed by atoms with van der Waals surface area (Å²) in [5.41, 5.74) is 5.80. The Hall–Kier alpha value is -3.53. The van der Waals surface area contributed by atoms with Crippen LogP contribution in [0.3, 0.4) is 0 Å². The SMILES string of the molecule is CCCCCCCC(=O)Nc1ccc(-c2nc(-c3ccccc3)nc3ccc(C)cc23)cc1. The average Bonchev–Trinajstić information content (AvgIpc) is 2.84. The molecule has 0 radical (unpaired) electrons. The molecule has 1 heterocycles. The van der Waals surface area contributed by atoms with Crippen molar-refractivity contribution in [2.45, 2.75) is 52.4 Å². The Morgan fingerprint density at radius 2 is 1.58 bits per heavy atom. The van der Waals surface area contributed by atoms with Crippen LogP contribution in [-0.4, -0.2) is 15.9 Å². The molecule has 0 fully saturated rings. The van der Waals surface area contributed by atoms with Crippen molar-refractivity contribution in [1.82, 2.24) is 9.97 Å². The van der Waals surface area contributed by atoms with Crippen LogP contribution in [0.25, 0.3) is 33.5 Å². The van der Waals surface area contributed by atoms with Crippen molar-refractivity contribution < 1.29 is 4.79 Å². The number of anilines is 1. The molecule has 0 saturated heterocycles. The van der Waals surface area contributed by atoms with E-state index in [1.807, 2.05) is 54.6 Å². The summed E-state index contributed by atoms with van der Waals surface area (Å²) in [6.07, 6.45) is 6.29. The molecular formula is C29H31N3O. The van der Waals surface area contributed by atoms with Gasteiger partial charge in [-0.2, -0.15) is 0 Å². The fourth-order valence-electron chi connectivity index (χ4n) is 4.00. The lowest BCUT2D eigenvalue weighted by Gasteiger charge is -2.11. The van der Waals surface area contributed by atoms with Gasteiger partial charge in [0, 0.05) is 28.6 Å². The molecule has 0 unspecified atom stereocenters. The fraction of sp³-hybridized carbons (Fsp3) is 0.276. The monoisotopic (exact) mass is 437 g/mol. The third-order valence-corrected chi connectivity index (χ3v) is 5.83. The van der Waals surface area contributed by atoms with E-state index >= 15 is 0 Å². The Bertz CT molecular complexity index is 1220. The van der Waals surface area contributed by atoms with Crippen molar-refractivity contribution >= 4 is 22.5 Å². The first kappa shape index (κ1) is 22.7. The van der Waals surface area contributed by atoms with Gasteiger partial charge in [0.05, 0.1) is 11.2 Å². The Labute approximate surface area is 196 Å². The summed E-state index contributed by atoms with van der Waals surface area (Å²) in [6, 6.07) is 24.3. The number of fused-ring (bicyclic) bond motifs is 1. The van der Waals surface area contributed by atoms with Crippen LogP contribution in [-0.2, 0) is 4.79 Å². The van der Waals surface area contributed by atoms with Gasteiger partial charge in [0.2, 0.25) is 5.91 Å². The van der Waals surface area contributed by atoms with Crippen LogP contribution in [0.2, 0.25) is 0 Å². The highest BCUT2D eigenvalue weighted by molar-refractivity contribution is 5.95. The number of hydrogen-bond acceptors (Lipinski definition) is 3. The van der Waals surface area contributed by atoms with Crippen LogP contribution in [0, 0.1) is 6.92 Å². The van der Waals surface area contributed by atoms with E-state index in [0.29, 0.717) is 12.2 Å². The highest BCUT2D eigenvalue weighted by Crippen LogP contribution is 2.30. The topological polar surface area (TPSA) is 54.9 Å². The Morgan fingerprint density at radius 3 is 2.33 bits per heavy atom. The molecule has 4 heteroatoms. The van der Waals surface area contributed by atoms with Gasteiger partial charge in [-0.25, -0.2) is 9.97 Å². The molecule has 0 aliphatic carbocycles. The lowest BCUT2D eigenvalue weighted by Crippen LogP contribution is -2.10. The maximum atomic E-state index is 12.3. The number of unbranched alkanes of at least 4 members (excludes halogenated alkanes) is 4. The van der Waals surface area contributed by atoms with Crippen molar-refractivity contribution in [2.75, 3.05) is 5.32 Å². The normalized spacial score (nSPS) is 11.0. The molecule has 0 atom stereocenters. The molecule has 0 saturated carbocycles. The van der Waals surface area contributed by atoms with Gasteiger partial charge in [-0.15, -0.1) is 0 Å². The van der Waals surface area contributed by atoms with Crippen LogP contribution < -0.4 is 5.32 Å². The lowest BCUT2D eigenvalue weighted by atomic mass is 10.0. The van der Waals surface area contributed by atoms with Crippen molar-refractivity contribution in [1.29, 1.82) is 0 Å². The molecule has 0 aliphatic rings. The summed E-state index contributed by atoms with van der Waals surface area (Å²) in [4.78, 5) is 22.0. The number of nitrogens with one attached hydrogen (secondary N) is 1. The van der Waals surface area contributed by atoms with E-state index < -0.39 is 0 Å². The number of amides is 1. The third kappa shape index (κ3) is 5.83. The third-order valence-electron chi connectivity index (χ3n) is 5.83. The van der Waals surface area contributed by atoms with Gasteiger partial charge in [-0.1, -0.05) is 86.7 Å². The number of aryl methyl sites for hydroxylation is 1. The molecule has 1 aromatic heterocycles. The predicted molar refractivity (Wildman–Crippen MR) is 137 cm³/mol. The van der Waals surface area contributed by atoms with E-state index in [9.17, 15) is 4.79 Å². The first-order chi connectivity index (χ1) is 16.1. The number of rotatable bonds is 9. The zero-order valence-electron chi connectivity index (χ0n) is 19.5. The maximum absolute atomic E-state index is 12.3. The summed E-state index contributed by atoms with van der Waals surface area (Å²) in [5, 5.41) is 4.05. The smallest absolute Gasteiger partial charge is 0.224 e. The summed E-state index contributed by atoms with van der Waals surface area (Å²) in [6.45, 7) is 4.28. The summed E-state index contributed by atoms with van der Waals surface area (Å²) in [7, 11) is 0. The Morgan fingerprint density at radius 1 is 0.818 bits per heavy atom. The number of aromatic nitrogens is 2. The highest BCUT2D eigenvalue weighted by atomic mass is 16.1. The largest absolute Gasteiger partial charge is 0.326 e. The molecule has 0 bridgehead atoms. The standard InChI is InChI=1S/C29H31N3O/c1-3-4-5-6-10-13-27(33)30-24-17-15-22(16-18-24)28-25-20-21(2)14-19-26(25)31-29(32-28)23-11-8-7-9-12-23/h7-9,11-12,14-20H,3-6,10,13H2,1-2H3,(H,30,33). The van der Waals surface area contributed by atoms with E-state index in [0.717, 1.165) is 46.3 Å². The number of hydrogen-bond donors (Lipinski definition) is 1. The van der Waals surface area contributed by atoms with E-state index in [1.54, 1.807) is 0 Å². The van der Waals surface area contributed by atoms with Crippen LogP contribution in [0.5, 0.6) is 0 Å². The van der Waals surface area contributed by atoms with Crippen molar-refractivity contribution in [3.8, 4) is 22.6 Å². The summed E-state index contributed by atoms with van der Waals surface area (Å²) < 4.78 is 0. The van der Waals surface area contributed by atoms with Crippen molar-refractivity contribution in [3.05, 3.63) is 78.4 Å². The minimum absolute atomic E-state index is 0.0775. The molecule has 4 aromatic rings. The van der Waals surface area contributed by atoms with Crippen LogP contribution >= 0.6 is 0 Å². The second kappa shape index (κ2) is 10.9. The second-order valence-corrected chi connectivity index (χ2v) is 8.57. The maximum Gasteiger partial charge on any atom is 0.224 e. The molecule has 4 nitrogen and oxygen atoms in total. The van der Waals surface area contributed by atoms with Crippen LogP contribution in [0.4, 0.5) is 5.69 Å². The van der Waals surface area contributed by atoms with Crippen LogP contribution in [0.1, 0.15) is 51.0 Å². The molecule has 4 rings (SSSR count). The van der Waals surface area contributed by atoms with Crippen molar-refractivity contribution in [2.24, 2.45) is 0 Å². The zero-order chi connectivity index (χ0) is 23.0. The number of carbonyl (C=O) groups excluding carboxylic acids is 1. The van der Waals surface area contributed by atoms with Gasteiger partial charge in [0.1, 0.15) is 0 Å². The molecule has 1 N–H and O–H groups in total. The molecule has 0 aliphatic heterocycles. The molecule has 168 valence electrons. The quantitative estimate of drug-likeness (QED) is 0.275. The van der Waals surface area contributed by atoms with Gasteiger partial charge >= 0.3 is 0 Å². The Balaban J connectivity index is 1.57. The van der Waals surface area contributed by atoms with Crippen molar-refractivity contribution in [3.63, 3.8) is 0 Å². The summed E-state index contributed by atoms with van der Waals surface area (Å²) in [5.74, 6) is 0.788. The highest BCUT2D eigenvalue weighted by Gasteiger charge is 2.12. The molecule has 1 amide bonds. The first-order valence-corrected chi connectivity index (χ1v) is 11.9. The number of nitrogens with zero attached hydrogens (tertiary/aromatic N) is 2. The molecule has 0 spiro atoms. The van der Waals surface area contributed by atoms with Crippen LogP contribution in [0.15, 0.2) is 72.8 Å². The van der Waals surface area contributed by atoms with Gasteiger partial charge in [-0.05, 0) is 37.6 Å². The van der Waals surface area contributed by atoms with E-state index in [2.05, 4.69) is 37.4 Å². The van der Waals surface area contributed by atoms with Gasteiger partial charge in [-0.3, -0.25) is 4.79 Å². The van der Waals surface area contributed by atoms with Gasteiger partial charge < -0.3 is 5.32 Å². The molecular weight excluding hydrogens is 406 g/mol. The molecule has 3 aromatic carbocycles. The second-order valence-electron chi connectivity index (χ2n) is 8.57. The Kier molecular flexibility index (Phi) is 7.46. The van der Waals surface area contributed by atoms with Gasteiger partial charge in [0.15, 0.2) is 5.82 Å². The van der Waals surface area contributed by atoms with Gasteiger partial charge in [0.25, 0.3) is 0 Å². The van der Waals surface area contributed by atoms with E-state index in [1.165, 1.54) is 24.8 Å². The average molecular weight is 438 g/mol.